The molecule has 0 saturated carbocycles. The molecule has 18 heavy (non-hydrogen) atoms. The number of carbonyl (C=O) groups is 1. The summed E-state index contributed by atoms with van der Waals surface area (Å²) in [7, 11) is 0. The standard InChI is InChI=1S/C12H12N4O2/c1-2-18-11-7-15-10(6-16-11)8-3-4-9(12(13)17)14-5-8/h3-7H,2H2,1H3,(H2,13,17). The van der Waals surface area contributed by atoms with Crippen LogP contribution in [0, 0.1) is 0 Å². The summed E-state index contributed by atoms with van der Waals surface area (Å²) in [6.45, 7) is 2.42. The lowest BCUT2D eigenvalue weighted by Crippen LogP contribution is -2.12. The zero-order chi connectivity index (χ0) is 13.0. The van der Waals surface area contributed by atoms with Crippen LogP contribution in [0.4, 0.5) is 0 Å². The van der Waals surface area contributed by atoms with E-state index in [1.165, 1.54) is 6.20 Å². The fourth-order valence-electron chi connectivity index (χ4n) is 1.38. The molecule has 2 heterocycles. The van der Waals surface area contributed by atoms with Gasteiger partial charge in [0.1, 0.15) is 5.69 Å². The summed E-state index contributed by atoms with van der Waals surface area (Å²) in [5.74, 6) is -0.0812. The first-order valence-corrected chi connectivity index (χ1v) is 5.41. The molecule has 0 aromatic carbocycles. The molecule has 2 rings (SSSR count). The molecule has 0 spiro atoms. The topological polar surface area (TPSA) is 91.0 Å². The number of hydrogen-bond acceptors (Lipinski definition) is 5. The molecule has 6 heteroatoms. The van der Waals surface area contributed by atoms with E-state index in [2.05, 4.69) is 15.0 Å². The Bertz CT molecular complexity index is 537. The van der Waals surface area contributed by atoms with Gasteiger partial charge in [0.05, 0.1) is 24.7 Å². The molecule has 0 aliphatic carbocycles. The minimum Gasteiger partial charge on any atom is -0.477 e. The Hall–Kier alpha value is -2.50. The Morgan fingerprint density at radius 3 is 2.56 bits per heavy atom. The average Bonchev–Trinajstić information content (AvgIpc) is 2.40. The Morgan fingerprint density at radius 1 is 1.22 bits per heavy atom. The summed E-state index contributed by atoms with van der Waals surface area (Å²) < 4.78 is 5.20. The van der Waals surface area contributed by atoms with Crippen LogP contribution >= 0.6 is 0 Å². The predicted molar refractivity (Wildman–Crippen MR) is 64.9 cm³/mol. The van der Waals surface area contributed by atoms with Gasteiger partial charge in [-0.05, 0) is 19.1 Å². The number of aromatic nitrogens is 3. The van der Waals surface area contributed by atoms with Crippen molar-refractivity contribution >= 4 is 5.91 Å². The van der Waals surface area contributed by atoms with Gasteiger partial charge in [-0.2, -0.15) is 0 Å². The molecule has 0 unspecified atom stereocenters. The van der Waals surface area contributed by atoms with E-state index in [9.17, 15) is 4.79 Å². The van der Waals surface area contributed by atoms with Crippen molar-refractivity contribution in [2.75, 3.05) is 6.61 Å². The van der Waals surface area contributed by atoms with Gasteiger partial charge in [-0.15, -0.1) is 0 Å². The lowest BCUT2D eigenvalue weighted by Gasteiger charge is -2.03. The van der Waals surface area contributed by atoms with Gasteiger partial charge in [0.25, 0.3) is 5.91 Å². The second-order valence-corrected chi connectivity index (χ2v) is 3.47. The molecule has 0 atom stereocenters. The van der Waals surface area contributed by atoms with Gasteiger partial charge in [-0.1, -0.05) is 0 Å². The predicted octanol–water partition coefficient (Wildman–Crippen LogP) is 1.04. The number of pyridine rings is 1. The van der Waals surface area contributed by atoms with E-state index in [1.807, 2.05) is 6.92 Å². The minimum atomic E-state index is -0.556. The Morgan fingerprint density at radius 2 is 2.06 bits per heavy atom. The Kier molecular flexibility index (Phi) is 3.47. The normalized spacial score (nSPS) is 10.1. The van der Waals surface area contributed by atoms with Crippen molar-refractivity contribution in [1.29, 1.82) is 0 Å². The van der Waals surface area contributed by atoms with Crippen molar-refractivity contribution in [3.63, 3.8) is 0 Å². The summed E-state index contributed by atoms with van der Waals surface area (Å²) in [5, 5.41) is 0. The summed E-state index contributed by atoms with van der Waals surface area (Å²) in [4.78, 5) is 23.1. The molecule has 2 N–H and O–H groups in total. The van der Waals surface area contributed by atoms with Gasteiger partial charge in [0.15, 0.2) is 0 Å². The summed E-state index contributed by atoms with van der Waals surface area (Å²) in [6, 6.07) is 3.27. The highest BCUT2D eigenvalue weighted by Crippen LogP contribution is 2.16. The third kappa shape index (κ3) is 2.60. The third-order valence-corrected chi connectivity index (χ3v) is 2.23. The van der Waals surface area contributed by atoms with Gasteiger partial charge < -0.3 is 10.5 Å². The second-order valence-electron chi connectivity index (χ2n) is 3.47. The highest BCUT2D eigenvalue weighted by molar-refractivity contribution is 5.90. The van der Waals surface area contributed by atoms with Crippen LogP contribution in [0.5, 0.6) is 5.88 Å². The van der Waals surface area contributed by atoms with Gasteiger partial charge in [0, 0.05) is 11.8 Å². The number of ether oxygens (including phenoxy) is 1. The van der Waals surface area contributed by atoms with Crippen molar-refractivity contribution in [3.8, 4) is 17.1 Å². The zero-order valence-electron chi connectivity index (χ0n) is 9.83. The van der Waals surface area contributed by atoms with Crippen molar-refractivity contribution in [1.82, 2.24) is 15.0 Å². The third-order valence-electron chi connectivity index (χ3n) is 2.23. The van der Waals surface area contributed by atoms with Crippen LogP contribution in [0.15, 0.2) is 30.7 Å². The minimum absolute atomic E-state index is 0.220. The van der Waals surface area contributed by atoms with Crippen LogP contribution in [0.3, 0.4) is 0 Å². The van der Waals surface area contributed by atoms with Gasteiger partial charge >= 0.3 is 0 Å². The molecule has 92 valence electrons. The SMILES string of the molecule is CCOc1cnc(-c2ccc(C(N)=O)nc2)cn1. The first kappa shape index (κ1) is 12.0. The van der Waals surface area contributed by atoms with Crippen LogP contribution in [0.2, 0.25) is 0 Å². The molecule has 2 aromatic rings. The number of hydrogen-bond donors (Lipinski definition) is 1. The summed E-state index contributed by atoms with van der Waals surface area (Å²) >= 11 is 0. The van der Waals surface area contributed by atoms with E-state index in [0.717, 1.165) is 5.56 Å². The van der Waals surface area contributed by atoms with E-state index in [-0.39, 0.29) is 5.69 Å². The number of carbonyl (C=O) groups excluding carboxylic acids is 1. The van der Waals surface area contributed by atoms with Crippen LogP contribution < -0.4 is 10.5 Å². The highest BCUT2D eigenvalue weighted by Gasteiger charge is 2.05. The molecule has 6 nitrogen and oxygen atoms in total. The second kappa shape index (κ2) is 5.22. The van der Waals surface area contributed by atoms with E-state index >= 15 is 0 Å². The Balaban J connectivity index is 2.23. The molecule has 0 fully saturated rings. The summed E-state index contributed by atoms with van der Waals surface area (Å²) in [6.07, 6.45) is 4.66. The van der Waals surface area contributed by atoms with Crippen LogP contribution in [0.25, 0.3) is 11.3 Å². The number of nitrogens with zero attached hydrogens (tertiary/aromatic N) is 3. The fourth-order valence-corrected chi connectivity index (χ4v) is 1.38. The molecule has 0 radical (unpaired) electrons. The number of nitrogens with two attached hydrogens (primary N) is 1. The van der Waals surface area contributed by atoms with Crippen molar-refractivity contribution < 1.29 is 9.53 Å². The number of rotatable bonds is 4. The van der Waals surface area contributed by atoms with Crippen LogP contribution in [-0.4, -0.2) is 27.5 Å². The maximum Gasteiger partial charge on any atom is 0.267 e. The smallest absolute Gasteiger partial charge is 0.267 e. The van der Waals surface area contributed by atoms with Gasteiger partial charge in [0.2, 0.25) is 5.88 Å². The first-order valence-electron chi connectivity index (χ1n) is 5.41. The van der Waals surface area contributed by atoms with E-state index in [0.29, 0.717) is 18.2 Å². The van der Waals surface area contributed by atoms with E-state index < -0.39 is 5.91 Å². The molecule has 0 bridgehead atoms. The Labute approximate surface area is 104 Å². The molecule has 1 amide bonds. The highest BCUT2D eigenvalue weighted by atomic mass is 16.5. The lowest BCUT2D eigenvalue weighted by molar-refractivity contribution is 0.0995. The maximum atomic E-state index is 10.9. The van der Waals surface area contributed by atoms with Crippen LogP contribution in [0.1, 0.15) is 17.4 Å². The molecule has 0 aliphatic rings. The number of amides is 1. The molecular weight excluding hydrogens is 232 g/mol. The molecule has 0 aliphatic heterocycles. The fraction of sp³-hybridized carbons (Fsp3) is 0.167. The first-order chi connectivity index (χ1) is 8.70. The summed E-state index contributed by atoms with van der Waals surface area (Å²) in [5.41, 5.74) is 6.74. The average molecular weight is 244 g/mol. The molecule has 0 saturated heterocycles. The monoisotopic (exact) mass is 244 g/mol. The van der Waals surface area contributed by atoms with Crippen molar-refractivity contribution in [3.05, 3.63) is 36.4 Å². The van der Waals surface area contributed by atoms with Crippen LogP contribution in [-0.2, 0) is 0 Å². The van der Waals surface area contributed by atoms with Crippen molar-refractivity contribution in [2.45, 2.75) is 6.92 Å². The van der Waals surface area contributed by atoms with E-state index in [1.54, 1.807) is 24.5 Å². The lowest BCUT2D eigenvalue weighted by atomic mass is 10.2. The molecule has 2 aromatic heterocycles. The van der Waals surface area contributed by atoms with Gasteiger partial charge in [-0.25, -0.2) is 9.97 Å². The van der Waals surface area contributed by atoms with E-state index in [4.69, 9.17) is 10.5 Å². The number of primary amides is 1. The quantitative estimate of drug-likeness (QED) is 0.867. The zero-order valence-corrected chi connectivity index (χ0v) is 9.83. The van der Waals surface area contributed by atoms with Crippen molar-refractivity contribution in [2.24, 2.45) is 5.73 Å². The largest absolute Gasteiger partial charge is 0.477 e. The maximum absolute atomic E-state index is 10.9. The molecular formula is C12H12N4O2. The van der Waals surface area contributed by atoms with Gasteiger partial charge in [-0.3, -0.25) is 9.78 Å².